The molecule has 1 heterocycles. The lowest BCUT2D eigenvalue weighted by Gasteiger charge is -2.31. The number of carbonyl (C=O) groups is 1. The van der Waals surface area contributed by atoms with E-state index in [4.69, 9.17) is 0 Å². The minimum Gasteiger partial charge on any atom is -0.353 e. The van der Waals surface area contributed by atoms with Gasteiger partial charge in [-0.15, -0.1) is 0 Å². The highest BCUT2D eigenvalue weighted by Crippen LogP contribution is 2.46. The number of amides is 1. The predicted molar refractivity (Wildman–Crippen MR) is 61.5 cm³/mol. The molecule has 1 amide bonds. The van der Waals surface area contributed by atoms with E-state index >= 15 is 0 Å². The lowest BCUT2D eigenvalue weighted by Crippen LogP contribution is -2.36. The van der Waals surface area contributed by atoms with Gasteiger partial charge in [0, 0.05) is 12.5 Å². The highest BCUT2D eigenvalue weighted by Gasteiger charge is 2.45. The molecular weight excluding hydrogens is 186 g/mol. The standard InChI is InChI=1S/C13H23NO/c1-9(2)6-11-13(3,7-10-4-5-10)8-12(15)14-11/h9-11H,4-8H2,1-3H3,(H,14,15). The molecule has 2 unspecified atom stereocenters. The van der Waals surface area contributed by atoms with Gasteiger partial charge in [-0.25, -0.2) is 0 Å². The van der Waals surface area contributed by atoms with Crippen LogP contribution in [0.25, 0.3) is 0 Å². The average Bonchev–Trinajstić information content (AvgIpc) is 2.80. The molecular formula is C13H23NO. The van der Waals surface area contributed by atoms with E-state index in [2.05, 4.69) is 26.1 Å². The Bertz CT molecular complexity index is 257. The Kier molecular flexibility index (Phi) is 2.78. The second-order valence-electron chi connectivity index (χ2n) is 6.23. The average molecular weight is 209 g/mol. The van der Waals surface area contributed by atoms with Crippen molar-refractivity contribution in [3.05, 3.63) is 0 Å². The Morgan fingerprint density at radius 3 is 2.67 bits per heavy atom. The SMILES string of the molecule is CC(C)CC1NC(=O)CC1(C)CC1CC1. The Morgan fingerprint density at radius 2 is 2.13 bits per heavy atom. The molecule has 0 bridgehead atoms. The first-order valence-electron chi connectivity index (χ1n) is 6.29. The summed E-state index contributed by atoms with van der Waals surface area (Å²) >= 11 is 0. The van der Waals surface area contributed by atoms with Crippen molar-refractivity contribution in [2.45, 2.75) is 58.9 Å². The summed E-state index contributed by atoms with van der Waals surface area (Å²) in [5, 5.41) is 3.17. The third-order valence-corrected chi connectivity index (χ3v) is 3.90. The zero-order chi connectivity index (χ0) is 11.1. The molecule has 2 fully saturated rings. The van der Waals surface area contributed by atoms with Crippen molar-refractivity contribution in [1.29, 1.82) is 0 Å². The smallest absolute Gasteiger partial charge is 0.220 e. The van der Waals surface area contributed by atoms with Crippen LogP contribution in [0.2, 0.25) is 0 Å². The summed E-state index contributed by atoms with van der Waals surface area (Å²) in [7, 11) is 0. The van der Waals surface area contributed by atoms with Crippen LogP contribution in [0, 0.1) is 17.3 Å². The molecule has 2 rings (SSSR count). The van der Waals surface area contributed by atoms with Gasteiger partial charge in [-0.1, -0.05) is 33.6 Å². The van der Waals surface area contributed by atoms with Crippen molar-refractivity contribution in [2.24, 2.45) is 17.3 Å². The third kappa shape index (κ3) is 2.53. The molecule has 2 aliphatic rings. The van der Waals surface area contributed by atoms with Gasteiger partial charge in [-0.3, -0.25) is 4.79 Å². The van der Waals surface area contributed by atoms with E-state index in [9.17, 15) is 4.79 Å². The molecule has 15 heavy (non-hydrogen) atoms. The number of rotatable bonds is 4. The van der Waals surface area contributed by atoms with Crippen molar-refractivity contribution in [2.75, 3.05) is 0 Å². The molecule has 0 aromatic carbocycles. The molecule has 1 saturated carbocycles. The first kappa shape index (κ1) is 11.0. The van der Waals surface area contributed by atoms with Crippen molar-refractivity contribution in [3.8, 4) is 0 Å². The van der Waals surface area contributed by atoms with E-state index in [0.717, 1.165) is 18.8 Å². The summed E-state index contributed by atoms with van der Waals surface area (Å²) < 4.78 is 0. The van der Waals surface area contributed by atoms with Crippen LogP contribution in [0.1, 0.15) is 52.9 Å². The predicted octanol–water partition coefficient (Wildman–Crippen LogP) is 2.73. The maximum absolute atomic E-state index is 11.5. The fourth-order valence-corrected chi connectivity index (χ4v) is 2.92. The summed E-state index contributed by atoms with van der Waals surface area (Å²) in [6, 6.07) is 0.422. The Hall–Kier alpha value is -0.530. The van der Waals surface area contributed by atoms with Crippen LogP contribution in [-0.4, -0.2) is 11.9 Å². The van der Waals surface area contributed by atoms with Crippen LogP contribution < -0.4 is 5.32 Å². The van der Waals surface area contributed by atoms with E-state index < -0.39 is 0 Å². The fraction of sp³-hybridized carbons (Fsp3) is 0.923. The summed E-state index contributed by atoms with van der Waals surface area (Å²) in [5.74, 6) is 1.85. The molecule has 86 valence electrons. The molecule has 2 atom stereocenters. The first-order valence-corrected chi connectivity index (χ1v) is 6.29. The minimum atomic E-state index is 0.239. The molecule has 2 nitrogen and oxygen atoms in total. The van der Waals surface area contributed by atoms with Crippen molar-refractivity contribution >= 4 is 5.91 Å². The van der Waals surface area contributed by atoms with Gasteiger partial charge in [0.15, 0.2) is 0 Å². The van der Waals surface area contributed by atoms with Crippen LogP contribution in [0.3, 0.4) is 0 Å². The molecule has 0 radical (unpaired) electrons. The van der Waals surface area contributed by atoms with Crippen LogP contribution in [0.5, 0.6) is 0 Å². The monoisotopic (exact) mass is 209 g/mol. The van der Waals surface area contributed by atoms with Crippen LogP contribution in [-0.2, 0) is 4.79 Å². The van der Waals surface area contributed by atoms with Gasteiger partial charge in [0.2, 0.25) is 5.91 Å². The molecule has 0 aromatic rings. The normalized spacial score (nSPS) is 36.0. The first-order chi connectivity index (χ1) is 6.99. The second-order valence-corrected chi connectivity index (χ2v) is 6.23. The fourth-order valence-electron chi connectivity index (χ4n) is 2.92. The summed E-state index contributed by atoms with van der Waals surface area (Å²) in [6.45, 7) is 6.78. The lowest BCUT2D eigenvalue weighted by molar-refractivity contribution is -0.119. The molecule has 0 spiro atoms. The van der Waals surface area contributed by atoms with E-state index in [1.807, 2.05) is 0 Å². The van der Waals surface area contributed by atoms with Gasteiger partial charge >= 0.3 is 0 Å². The highest BCUT2D eigenvalue weighted by atomic mass is 16.2. The van der Waals surface area contributed by atoms with Gasteiger partial charge in [0.05, 0.1) is 0 Å². The quantitative estimate of drug-likeness (QED) is 0.758. The van der Waals surface area contributed by atoms with Gasteiger partial charge in [0.25, 0.3) is 0 Å². The molecule has 1 aliphatic carbocycles. The zero-order valence-electron chi connectivity index (χ0n) is 10.2. The van der Waals surface area contributed by atoms with Gasteiger partial charge in [-0.05, 0) is 30.1 Å². The third-order valence-electron chi connectivity index (χ3n) is 3.90. The topological polar surface area (TPSA) is 29.1 Å². The number of carbonyl (C=O) groups excluding carboxylic acids is 1. The highest BCUT2D eigenvalue weighted by molar-refractivity contribution is 5.79. The Balaban J connectivity index is 2.01. The summed E-state index contributed by atoms with van der Waals surface area (Å²) in [4.78, 5) is 11.5. The maximum Gasteiger partial charge on any atom is 0.220 e. The van der Waals surface area contributed by atoms with E-state index in [0.29, 0.717) is 12.0 Å². The largest absolute Gasteiger partial charge is 0.353 e. The number of nitrogens with one attached hydrogen (secondary N) is 1. The van der Waals surface area contributed by atoms with Gasteiger partial charge < -0.3 is 5.32 Å². The molecule has 0 aromatic heterocycles. The molecule has 1 aliphatic heterocycles. The molecule has 1 saturated heterocycles. The lowest BCUT2D eigenvalue weighted by atomic mass is 9.75. The van der Waals surface area contributed by atoms with Crippen LogP contribution in [0.15, 0.2) is 0 Å². The zero-order valence-corrected chi connectivity index (χ0v) is 10.2. The van der Waals surface area contributed by atoms with E-state index in [1.54, 1.807) is 0 Å². The maximum atomic E-state index is 11.5. The Morgan fingerprint density at radius 1 is 1.47 bits per heavy atom. The van der Waals surface area contributed by atoms with Gasteiger partial charge in [-0.2, -0.15) is 0 Å². The van der Waals surface area contributed by atoms with Crippen LogP contribution in [0.4, 0.5) is 0 Å². The number of hydrogen-bond acceptors (Lipinski definition) is 1. The van der Waals surface area contributed by atoms with Crippen molar-refractivity contribution in [1.82, 2.24) is 5.32 Å². The van der Waals surface area contributed by atoms with E-state index in [1.165, 1.54) is 19.3 Å². The van der Waals surface area contributed by atoms with E-state index in [-0.39, 0.29) is 11.3 Å². The summed E-state index contributed by atoms with van der Waals surface area (Å²) in [5.41, 5.74) is 0.239. The number of hydrogen-bond donors (Lipinski definition) is 1. The molecule has 2 heteroatoms. The van der Waals surface area contributed by atoms with Gasteiger partial charge in [0.1, 0.15) is 0 Å². The minimum absolute atomic E-state index is 0.239. The molecule has 1 N–H and O–H groups in total. The second kappa shape index (κ2) is 3.80. The van der Waals surface area contributed by atoms with Crippen molar-refractivity contribution < 1.29 is 4.79 Å². The Labute approximate surface area is 92.8 Å². The van der Waals surface area contributed by atoms with Crippen molar-refractivity contribution in [3.63, 3.8) is 0 Å². The van der Waals surface area contributed by atoms with Crippen LogP contribution >= 0.6 is 0 Å². The summed E-state index contributed by atoms with van der Waals surface area (Å²) in [6.07, 6.45) is 5.91.